The third-order valence-corrected chi connectivity index (χ3v) is 4.42. The lowest BCUT2D eigenvalue weighted by molar-refractivity contribution is -0.165. The molecule has 0 N–H and O–H groups in total. The van der Waals surface area contributed by atoms with Gasteiger partial charge < -0.3 is 14.2 Å². The first kappa shape index (κ1) is 14.9. The Labute approximate surface area is 139 Å². The molecule has 4 rings (SSSR count). The molecule has 0 aliphatic carbocycles. The van der Waals surface area contributed by atoms with E-state index in [4.69, 9.17) is 14.2 Å². The molecule has 2 fully saturated rings. The van der Waals surface area contributed by atoms with Crippen molar-refractivity contribution < 1.29 is 23.8 Å². The van der Waals surface area contributed by atoms with Gasteiger partial charge in [0.15, 0.2) is 12.2 Å². The molecule has 0 unspecified atom stereocenters. The Morgan fingerprint density at radius 1 is 1.08 bits per heavy atom. The highest BCUT2D eigenvalue weighted by Crippen LogP contribution is 2.59. The van der Waals surface area contributed by atoms with E-state index in [9.17, 15) is 9.59 Å². The van der Waals surface area contributed by atoms with E-state index in [0.29, 0.717) is 5.56 Å². The smallest absolute Gasteiger partial charge is 0.346 e. The van der Waals surface area contributed by atoms with Crippen molar-refractivity contribution in [3.8, 4) is 0 Å². The third kappa shape index (κ3) is 2.20. The van der Waals surface area contributed by atoms with Crippen molar-refractivity contribution in [2.75, 3.05) is 0 Å². The molecular weight excluding hydrogens is 308 g/mol. The minimum Gasteiger partial charge on any atom is -0.454 e. The fraction of sp³-hybridized carbons (Fsp3) is 0.263. The van der Waals surface area contributed by atoms with Crippen LogP contribution in [0, 0.1) is 0 Å². The fourth-order valence-electron chi connectivity index (χ4n) is 3.30. The molecule has 0 amide bonds. The molecule has 0 saturated carbocycles. The predicted octanol–water partition coefficient (Wildman–Crippen LogP) is 2.73. The Morgan fingerprint density at radius 2 is 1.71 bits per heavy atom. The lowest BCUT2D eigenvalue weighted by Crippen LogP contribution is -2.33. The minimum atomic E-state index is -1.26. The average Bonchev–Trinajstić information content (AvgIpc) is 3.28. The summed E-state index contributed by atoms with van der Waals surface area (Å²) in [6, 6.07) is 18.6. The summed E-state index contributed by atoms with van der Waals surface area (Å²) in [5.74, 6) is -0.958. The molecule has 2 aliphatic rings. The molecule has 5 heteroatoms. The predicted molar refractivity (Wildman–Crippen MR) is 83.8 cm³/mol. The first-order chi connectivity index (χ1) is 11.6. The van der Waals surface area contributed by atoms with Crippen LogP contribution in [0.25, 0.3) is 0 Å². The summed E-state index contributed by atoms with van der Waals surface area (Å²) in [5, 5.41) is 0. The Morgan fingerprint density at radius 3 is 2.29 bits per heavy atom. The molecule has 2 aromatic rings. The van der Waals surface area contributed by atoms with Crippen LogP contribution in [0.2, 0.25) is 0 Å². The minimum absolute atomic E-state index is 0.461. The van der Waals surface area contributed by atoms with E-state index in [2.05, 4.69) is 0 Å². The number of fused-ring (bicyclic) bond motifs is 1. The van der Waals surface area contributed by atoms with Crippen LogP contribution < -0.4 is 0 Å². The number of cyclic esters (lactones) is 1. The van der Waals surface area contributed by atoms with Gasteiger partial charge in [0, 0.05) is 6.92 Å². The van der Waals surface area contributed by atoms with Gasteiger partial charge in [-0.1, -0.05) is 60.7 Å². The monoisotopic (exact) mass is 324 g/mol. The van der Waals surface area contributed by atoms with Gasteiger partial charge in [-0.2, -0.15) is 0 Å². The quantitative estimate of drug-likeness (QED) is 0.639. The molecule has 0 aromatic heterocycles. The maximum absolute atomic E-state index is 12.6. The number of rotatable bonds is 4. The molecule has 5 nitrogen and oxygen atoms in total. The van der Waals surface area contributed by atoms with Gasteiger partial charge in [0.1, 0.15) is 6.10 Å². The van der Waals surface area contributed by atoms with Crippen molar-refractivity contribution in [1.29, 1.82) is 0 Å². The lowest BCUT2D eigenvalue weighted by Gasteiger charge is -2.20. The molecule has 2 heterocycles. The number of epoxide rings is 1. The normalized spacial score (nSPS) is 28.6. The van der Waals surface area contributed by atoms with Gasteiger partial charge in [-0.3, -0.25) is 4.79 Å². The highest BCUT2D eigenvalue weighted by atomic mass is 16.7. The second-order valence-electron chi connectivity index (χ2n) is 5.97. The van der Waals surface area contributed by atoms with Gasteiger partial charge in [0.05, 0.1) is 0 Å². The van der Waals surface area contributed by atoms with Crippen molar-refractivity contribution in [1.82, 2.24) is 0 Å². The Kier molecular flexibility index (Phi) is 3.39. The fourth-order valence-corrected chi connectivity index (χ4v) is 3.30. The molecule has 0 bridgehead atoms. The maximum atomic E-state index is 12.6. The van der Waals surface area contributed by atoms with E-state index < -0.39 is 35.9 Å². The molecule has 2 saturated heterocycles. The van der Waals surface area contributed by atoms with Crippen LogP contribution in [0.4, 0.5) is 0 Å². The second-order valence-corrected chi connectivity index (χ2v) is 5.97. The maximum Gasteiger partial charge on any atom is 0.346 e. The summed E-state index contributed by atoms with van der Waals surface area (Å²) in [6.07, 6.45) is -1.76. The van der Waals surface area contributed by atoms with E-state index >= 15 is 0 Å². The largest absolute Gasteiger partial charge is 0.454 e. The van der Waals surface area contributed by atoms with Gasteiger partial charge >= 0.3 is 11.9 Å². The van der Waals surface area contributed by atoms with Gasteiger partial charge in [0.2, 0.25) is 5.60 Å². The van der Waals surface area contributed by atoms with Crippen LogP contribution in [0.15, 0.2) is 60.7 Å². The van der Waals surface area contributed by atoms with E-state index in [-0.39, 0.29) is 0 Å². The average molecular weight is 324 g/mol. The summed E-state index contributed by atoms with van der Waals surface area (Å²) < 4.78 is 16.8. The Hall–Kier alpha value is -2.66. The van der Waals surface area contributed by atoms with Crippen LogP contribution in [0.1, 0.15) is 30.3 Å². The molecule has 2 aromatic carbocycles. The van der Waals surface area contributed by atoms with Crippen molar-refractivity contribution >= 4 is 11.9 Å². The zero-order valence-electron chi connectivity index (χ0n) is 13.0. The molecule has 0 radical (unpaired) electrons. The van der Waals surface area contributed by atoms with Crippen molar-refractivity contribution in [3.05, 3.63) is 71.8 Å². The van der Waals surface area contributed by atoms with Crippen molar-refractivity contribution in [2.45, 2.75) is 30.8 Å². The highest BCUT2D eigenvalue weighted by molar-refractivity contribution is 5.88. The number of hydrogen-bond acceptors (Lipinski definition) is 5. The Bertz CT molecular complexity index is 773. The molecule has 24 heavy (non-hydrogen) atoms. The van der Waals surface area contributed by atoms with Gasteiger partial charge in [-0.15, -0.1) is 0 Å². The van der Waals surface area contributed by atoms with E-state index in [1.807, 2.05) is 60.7 Å². The second kappa shape index (κ2) is 5.46. The van der Waals surface area contributed by atoms with Crippen molar-refractivity contribution in [3.63, 3.8) is 0 Å². The number of carbonyl (C=O) groups is 2. The van der Waals surface area contributed by atoms with E-state index in [1.54, 1.807) is 0 Å². The lowest BCUT2D eigenvalue weighted by atomic mass is 9.90. The first-order valence-electron chi connectivity index (χ1n) is 7.79. The molecule has 122 valence electrons. The number of carbonyl (C=O) groups excluding carboxylic acids is 2. The zero-order valence-corrected chi connectivity index (χ0v) is 13.0. The summed E-state index contributed by atoms with van der Waals surface area (Å²) in [4.78, 5) is 24.2. The number of ether oxygens (including phenoxy) is 3. The summed E-state index contributed by atoms with van der Waals surface area (Å²) in [7, 11) is 0. The molecule has 2 aliphatic heterocycles. The Balaban J connectivity index is 1.69. The molecule has 0 spiro atoms. The molecule has 4 atom stereocenters. The number of esters is 2. The first-order valence-corrected chi connectivity index (χ1v) is 7.79. The summed E-state index contributed by atoms with van der Waals surface area (Å²) in [5.41, 5.74) is 0.318. The van der Waals surface area contributed by atoms with E-state index in [1.165, 1.54) is 6.92 Å². The van der Waals surface area contributed by atoms with Crippen LogP contribution in [-0.4, -0.2) is 23.6 Å². The topological polar surface area (TPSA) is 65.1 Å². The van der Waals surface area contributed by atoms with Gasteiger partial charge in [-0.25, -0.2) is 4.79 Å². The van der Waals surface area contributed by atoms with E-state index in [0.717, 1.165) is 5.56 Å². The SMILES string of the molecule is CC(=O)O[C@@H](c1ccccc1)[C@@]12O[C@@H]1[C@@H](c1ccccc1)OC2=O. The third-order valence-electron chi connectivity index (χ3n) is 4.42. The van der Waals surface area contributed by atoms with Gasteiger partial charge in [0.25, 0.3) is 0 Å². The summed E-state index contributed by atoms with van der Waals surface area (Å²) in [6.45, 7) is 1.32. The summed E-state index contributed by atoms with van der Waals surface area (Å²) >= 11 is 0. The van der Waals surface area contributed by atoms with Crippen LogP contribution in [0.3, 0.4) is 0 Å². The zero-order chi connectivity index (χ0) is 16.7. The number of hydrogen-bond donors (Lipinski definition) is 0. The standard InChI is InChI=1S/C19H16O5/c1-12(20)22-16(14-10-6-3-7-11-14)19-17(24-19)15(23-18(19)21)13-8-4-2-5-9-13/h2-11,15-17H,1H3/t15-,16+,17-,19-/m1/s1. The highest BCUT2D eigenvalue weighted by Gasteiger charge is 2.78. The van der Waals surface area contributed by atoms with Crippen LogP contribution >= 0.6 is 0 Å². The van der Waals surface area contributed by atoms with Crippen LogP contribution in [-0.2, 0) is 23.8 Å². The molecular formula is C19H16O5. The van der Waals surface area contributed by atoms with Crippen molar-refractivity contribution in [2.24, 2.45) is 0 Å². The van der Waals surface area contributed by atoms with Crippen LogP contribution in [0.5, 0.6) is 0 Å². The number of benzene rings is 2. The van der Waals surface area contributed by atoms with Gasteiger partial charge in [-0.05, 0) is 11.1 Å².